The van der Waals surface area contributed by atoms with Crippen molar-refractivity contribution in [1.82, 2.24) is 14.9 Å². The van der Waals surface area contributed by atoms with Gasteiger partial charge in [0.2, 0.25) is 5.88 Å². The molecule has 1 saturated heterocycles. The van der Waals surface area contributed by atoms with Crippen LogP contribution in [0.15, 0.2) is 29.1 Å². The molecule has 1 fully saturated rings. The normalized spacial score (nSPS) is 19.1. The predicted molar refractivity (Wildman–Crippen MR) is 83.2 cm³/mol. The third kappa shape index (κ3) is 2.62. The van der Waals surface area contributed by atoms with Crippen LogP contribution >= 0.6 is 0 Å². The van der Waals surface area contributed by atoms with E-state index in [1.807, 2.05) is 0 Å². The number of rotatable bonds is 3. The summed E-state index contributed by atoms with van der Waals surface area (Å²) in [6, 6.07) is 5.53. The molecule has 6 nitrogen and oxygen atoms in total. The molecule has 1 atom stereocenters. The van der Waals surface area contributed by atoms with Crippen LogP contribution in [0.5, 0.6) is 5.88 Å². The molecule has 0 saturated carbocycles. The molecule has 1 N–H and O–H groups in total. The van der Waals surface area contributed by atoms with Crippen LogP contribution in [0.4, 0.5) is 14.6 Å². The Balaban J connectivity index is 1.56. The SMILES string of the molecule is O=c1nc(OCc2ccc(F)c(F)c2)cc2n1CC1CNCCN21. The van der Waals surface area contributed by atoms with Crippen LogP contribution in [0.1, 0.15) is 5.56 Å². The second kappa shape index (κ2) is 5.86. The van der Waals surface area contributed by atoms with Crippen LogP contribution in [0.2, 0.25) is 0 Å². The van der Waals surface area contributed by atoms with E-state index >= 15 is 0 Å². The first-order chi connectivity index (χ1) is 11.6. The van der Waals surface area contributed by atoms with Crippen molar-refractivity contribution in [3.05, 3.63) is 51.9 Å². The predicted octanol–water partition coefficient (Wildman–Crippen LogP) is 0.892. The highest BCUT2D eigenvalue weighted by Crippen LogP contribution is 2.27. The molecule has 2 aliphatic heterocycles. The molecule has 1 aromatic heterocycles. The summed E-state index contributed by atoms with van der Waals surface area (Å²) in [4.78, 5) is 18.3. The molecule has 0 spiro atoms. The van der Waals surface area contributed by atoms with Gasteiger partial charge < -0.3 is 15.0 Å². The van der Waals surface area contributed by atoms with Gasteiger partial charge in [-0.05, 0) is 17.7 Å². The lowest BCUT2D eigenvalue weighted by Crippen LogP contribution is -2.49. The van der Waals surface area contributed by atoms with Gasteiger partial charge in [0.25, 0.3) is 0 Å². The van der Waals surface area contributed by atoms with Crippen molar-refractivity contribution < 1.29 is 13.5 Å². The number of benzene rings is 1. The highest BCUT2D eigenvalue weighted by atomic mass is 19.2. The number of hydrogen-bond donors (Lipinski definition) is 1. The maximum atomic E-state index is 13.2. The lowest BCUT2D eigenvalue weighted by Gasteiger charge is -2.31. The molecule has 0 bridgehead atoms. The van der Waals surface area contributed by atoms with Crippen molar-refractivity contribution in [2.75, 3.05) is 24.5 Å². The van der Waals surface area contributed by atoms with E-state index in [0.29, 0.717) is 12.1 Å². The fraction of sp³-hybridized carbons (Fsp3) is 0.375. The smallest absolute Gasteiger partial charge is 0.352 e. The van der Waals surface area contributed by atoms with Crippen LogP contribution in [0.25, 0.3) is 0 Å². The molecular formula is C16H16F2N4O2. The Labute approximate surface area is 136 Å². The maximum absolute atomic E-state index is 13.2. The van der Waals surface area contributed by atoms with E-state index in [9.17, 15) is 13.6 Å². The number of piperazine rings is 1. The zero-order valence-electron chi connectivity index (χ0n) is 12.8. The summed E-state index contributed by atoms with van der Waals surface area (Å²) in [6.45, 7) is 3.12. The van der Waals surface area contributed by atoms with Crippen molar-refractivity contribution in [1.29, 1.82) is 0 Å². The van der Waals surface area contributed by atoms with Crippen molar-refractivity contribution in [2.45, 2.75) is 19.2 Å². The zero-order chi connectivity index (χ0) is 16.7. The van der Waals surface area contributed by atoms with Crippen LogP contribution < -0.4 is 20.6 Å². The number of halogens is 2. The van der Waals surface area contributed by atoms with Crippen LogP contribution in [-0.4, -0.2) is 35.2 Å². The summed E-state index contributed by atoms with van der Waals surface area (Å²) in [5, 5.41) is 3.31. The standard InChI is InChI=1S/C16H16F2N4O2/c17-12-2-1-10(5-13(12)18)9-24-14-6-15-21-4-3-19-7-11(21)8-22(15)16(23)20-14/h1-2,5-6,11,19H,3-4,7-9H2. The van der Waals surface area contributed by atoms with Crippen LogP contribution in [0.3, 0.4) is 0 Å². The summed E-state index contributed by atoms with van der Waals surface area (Å²) < 4.78 is 33.3. The highest BCUT2D eigenvalue weighted by molar-refractivity contribution is 5.47. The largest absolute Gasteiger partial charge is 0.473 e. The second-order valence-electron chi connectivity index (χ2n) is 5.93. The van der Waals surface area contributed by atoms with E-state index < -0.39 is 11.6 Å². The number of aromatic nitrogens is 2. The highest BCUT2D eigenvalue weighted by Gasteiger charge is 2.32. The van der Waals surface area contributed by atoms with Crippen LogP contribution in [-0.2, 0) is 13.2 Å². The van der Waals surface area contributed by atoms with Gasteiger partial charge in [-0.15, -0.1) is 0 Å². The second-order valence-corrected chi connectivity index (χ2v) is 5.93. The van der Waals surface area contributed by atoms with Gasteiger partial charge >= 0.3 is 5.69 Å². The monoisotopic (exact) mass is 334 g/mol. The lowest BCUT2D eigenvalue weighted by atomic mass is 10.2. The summed E-state index contributed by atoms with van der Waals surface area (Å²) in [6.07, 6.45) is 0. The molecule has 0 radical (unpaired) electrons. The molecule has 1 aromatic carbocycles. The quantitative estimate of drug-likeness (QED) is 0.903. The Morgan fingerprint density at radius 3 is 3.00 bits per heavy atom. The number of nitrogens with one attached hydrogen (secondary N) is 1. The van der Waals surface area contributed by atoms with Gasteiger partial charge in [0.1, 0.15) is 12.4 Å². The molecular weight excluding hydrogens is 318 g/mol. The summed E-state index contributed by atoms with van der Waals surface area (Å²) in [7, 11) is 0. The Morgan fingerprint density at radius 2 is 2.17 bits per heavy atom. The topological polar surface area (TPSA) is 59.4 Å². The van der Waals surface area contributed by atoms with Gasteiger partial charge in [0.15, 0.2) is 11.6 Å². The van der Waals surface area contributed by atoms with Gasteiger partial charge in [-0.25, -0.2) is 13.6 Å². The maximum Gasteiger partial charge on any atom is 0.352 e. The zero-order valence-corrected chi connectivity index (χ0v) is 12.8. The molecule has 126 valence electrons. The molecule has 24 heavy (non-hydrogen) atoms. The fourth-order valence-corrected chi connectivity index (χ4v) is 3.18. The lowest BCUT2D eigenvalue weighted by molar-refractivity contribution is 0.290. The van der Waals surface area contributed by atoms with Crippen molar-refractivity contribution in [2.24, 2.45) is 0 Å². The Kier molecular flexibility index (Phi) is 3.68. The van der Waals surface area contributed by atoms with Gasteiger partial charge in [0, 0.05) is 25.7 Å². The minimum Gasteiger partial charge on any atom is -0.473 e. The van der Waals surface area contributed by atoms with Crippen molar-refractivity contribution in [3.8, 4) is 5.88 Å². The number of hydrogen-bond acceptors (Lipinski definition) is 5. The van der Waals surface area contributed by atoms with E-state index in [4.69, 9.17) is 4.74 Å². The molecule has 8 heteroatoms. The minimum absolute atomic E-state index is 0.0120. The third-order valence-electron chi connectivity index (χ3n) is 4.37. The van der Waals surface area contributed by atoms with Gasteiger partial charge in [-0.1, -0.05) is 6.07 Å². The van der Waals surface area contributed by atoms with E-state index in [0.717, 1.165) is 37.6 Å². The summed E-state index contributed by atoms with van der Waals surface area (Å²) in [5.41, 5.74) is 0.110. The molecule has 2 aromatic rings. The first-order valence-electron chi connectivity index (χ1n) is 7.78. The Bertz CT molecular complexity index is 839. The van der Waals surface area contributed by atoms with Crippen molar-refractivity contribution in [3.63, 3.8) is 0 Å². The summed E-state index contributed by atoms with van der Waals surface area (Å²) in [5.74, 6) is -0.851. The average Bonchev–Trinajstić information content (AvgIpc) is 2.95. The Morgan fingerprint density at radius 1 is 1.29 bits per heavy atom. The average molecular weight is 334 g/mol. The molecule has 2 aliphatic rings. The van der Waals surface area contributed by atoms with E-state index in [1.54, 1.807) is 10.6 Å². The first kappa shape index (κ1) is 15.1. The number of anilines is 1. The third-order valence-corrected chi connectivity index (χ3v) is 4.37. The summed E-state index contributed by atoms with van der Waals surface area (Å²) >= 11 is 0. The first-order valence-corrected chi connectivity index (χ1v) is 7.78. The molecule has 0 aliphatic carbocycles. The molecule has 4 rings (SSSR count). The van der Waals surface area contributed by atoms with Gasteiger partial charge in [-0.2, -0.15) is 4.98 Å². The minimum atomic E-state index is -0.929. The van der Waals surface area contributed by atoms with Crippen LogP contribution in [0, 0.1) is 11.6 Å². The van der Waals surface area contributed by atoms with E-state index in [1.165, 1.54) is 6.07 Å². The van der Waals surface area contributed by atoms with E-state index in [2.05, 4.69) is 15.2 Å². The Hall–Kier alpha value is -2.48. The molecule has 0 amide bonds. The molecule has 3 heterocycles. The number of nitrogens with zero attached hydrogens (tertiary/aromatic N) is 3. The van der Waals surface area contributed by atoms with Gasteiger partial charge in [-0.3, -0.25) is 4.57 Å². The van der Waals surface area contributed by atoms with Crippen molar-refractivity contribution >= 4 is 5.82 Å². The van der Waals surface area contributed by atoms with Gasteiger partial charge in [0.05, 0.1) is 12.6 Å². The molecule has 1 unspecified atom stereocenters. The van der Waals surface area contributed by atoms with E-state index in [-0.39, 0.29) is 24.2 Å². The number of fused-ring (bicyclic) bond motifs is 3. The fourth-order valence-electron chi connectivity index (χ4n) is 3.18. The number of ether oxygens (including phenoxy) is 1.